The number of halogens is 1. The van der Waals surface area contributed by atoms with E-state index in [9.17, 15) is 13.2 Å². The van der Waals surface area contributed by atoms with Gasteiger partial charge >= 0.3 is 0 Å². The summed E-state index contributed by atoms with van der Waals surface area (Å²) in [6.45, 7) is 3.74. The molecule has 2 rings (SSSR count). The van der Waals surface area contributed by atoms with Crippen molar-refractivity contribution in [1.29, 1.82) is 0 Å². The van der Waals surface area contributed by atoms with Gasteiger partial charge in [0, 0.05) is 0 Å². The van der Waals surface area contributed by atoms with E-state index in [1.807, 2.05) is 13.8 Å². The standard InChI is InChI=1S/C10H15ClO4S/c1-9(2)6-3-4-10(9,5-16(13,14)15)8(12)7(6)11/h6-7H,3-5H2,1-2H3,(H,13,14,15). The molecule has 0 aromatic rings. The lowest BCUT2D eigenvalue weighted by atomic mass is 9.70. The number of ketones is 1. The maximum absolute atomic E-state index is 12.1. The number of rotatable bonds is 2. The van der Waals surface area contributed by atoms with Gasteiger partial charge in [0.25, 0.3) is 10.1 Å². The zero-order chi connectivity index (χ0) is 12.4. The Kier molecular flexibility index (Phi) is 2.47. The van der Waals surface area contributed by atoms with Gasteiger partial charge in [-0.1, -0.05) is 13.8 Å². The maximum atomic E-state index is 12.1. The molecule has 92 valence electrons. The van der Waals surface area contributed by atoms with Crippen molar-refractivity contribution in [3.63, 3.8) is 0 Å². The smallest absolute Gasteiger partial charge is 0.265 e. The summed E-state index contributed by atoms with van der Waals surface area (Å²) in [5.41, 5.74) is -1.44. The first kappa shape index (κ1) is 12.3. The Morgan fingerprint density at radius 2 is 2.06 bits per heavy atom. The van der Waals surface area contributed by atoms with Crippen molar-refractivity contribution in [2.75, 3.05) is 5.75 Å². The lowest BCUT2D eigenvalue weighted by Gasteiger charge is -2.34. The third kappa shape index (κ3) is 1.38. The van der Waals surface area contributed by atoms with E-state index < -0.39 is 32.1 Å². The summed E-state index contributed by atoms with van der Waals surface area (Å²) in [5.74, 6) is -0.692. The van der Waals surface area contributed by atoms with Gasteiger partial charge in [0.05, 0.1) is 16.5 Å². The molecule has 2 fully saturated rings. The Morgan fingerprint density at radius 1 is 1.50 bits per heavy atom. The molecule has 0 amide bonds. The van der Waals surface area contributed by atoms with Crippen molar-refractivity contribution in [2.45, 2.75) is 32.1 Å². The van der Waals surface area contributed by atoms with Gasteiger partial charge in [-0.2, -0.15) is 8.42 Å². The highest BCUT2D eigenvalue weighted by Gasteiger charge is 2.69. The third-order valence-electron chi connectivity index (χ3n) is 4.55. The minimum Gasteiger partial charge on any atom is -0.297 e. The van der Waals surface area contributed by atoms with Crippen molar-refractivity contribution in [3.8, 4) is 0 Å². The molecule has 4 nitrogen and oxygen atoms in total. The highest BCUT2D eigenvalue weighted by atomic mass is 35.5. The number of carbonyl (C=O) groups excluding carboxylic acids is 1. The molecule has 2 aliphatic carbocycles. The molecular formula is C10H15ClO4S. The summed E-state index contributed by atoms with van der Waals surface area (Å²) in [6, 6.07) is 0. The fourth-order valence-electron chi connectivity index (χ4n) is 3.48. The molecule has 1 N–H and O–H groups in total. The molecule has 0 radical (unpaired) electrons. The summed E-state index contributed by atoms with van der Waals surface area (Å²) in [7, 11) is -4.16. The van der Waals surface area contributed by atoms with Crippen LogP contribution < -0.4 is 0 Å². The molecule has 0 spiro atoms. The van der Waals surface area contributed by atoms with Gasteiger partial charge in [0.1, 0.15) is 0 Å². The van der Waals surface area contributed by atoms with Crippen LogP contribution in [0.15, 0.2) is 0 Å². The van der Waals surface area contributed by atoms with Gasteiger partial charge in [0.2, 0.25) is 0 Å². The highest BCUT2D eigenvalue weighted by molar-refractivity contribution is 7.85. The fraction of sp³-hybridized carbons (Fsp3) is 0.900. The number of Topliss-reactive ketones (excluding diaryl/α,β-unsaturated/α-hetero) is 1. The SMILES string of the molecule is CC1(C)C2CCC1(CS(=O)(=O)O)C(=O)C2Cl. The van der Waals surface area contributed by atoms with Crippen LogP contribution in [0.4, 0.5) is 0 Å². The third-order valence-corrected chi connectivity index (χ3v) is 5.91. The van der Waals surface area contributed by atoms with Crippen LogP contribution in [-0.4, -0.2) is 29.9 Å². The van der Waals surface area contributed by atoms with E-state index >= 15 is 0 Å². The summed E-state index contributed by atoms with van der Waals surface area (Å²) < 4.78 is 31.1. The van der Waals surface area contributed by atoms with E-state index in [4.69, 9.17) is 16.2 Å². The van der Waals surface area contributed by atoms with E-state index in [1.54, 1.807) is 0 Å². The maximum Gasteiger partial charge on any atom is 0.265 e. The van der Waals surface area contributed by atoms with Crippen molar-refractivity contribution in [3.05, 3.63) is 0 Å². The molecule has 2 bridgehead atoms. The van der Waals surface area contributed by atoms with Crippen LogP contribution in [0, 0.1) is 16.7 Å². The van der Waals surface area contributed by atoms with Gasteiger partial charge in [-0.15, -0.1) is 11.6 Å². The quantitative estimate of drug-likeness (QED) is 0.607. The zero-order valence-electron chi connectivity index (χ0n) is 9.23. The second kappa shape index (κ2) is 3.21. The predicted octanol–water partition coefficient (Wildman–Crippen LogP) is 1.49. The van der Waals surface area contributed by atoms with E-state index in [-0.39, 0.29) is 11.7 Å². The normalized spacial score (nSPS) is 41.6. The van der Waals surface area contributed by atoms with Crippen molar-refractivity contribution < 1.29 is 17.8 Å². The average Bonchev–Trinajstić information content (AvgIpc) is 2.39. The van der Waals surface area contributed by atoms with E-state index in [0.717, 1.165) is 6.42 Å². The number of hydrogen-bond donors (Lipinski definition) is 1. The van der Waals surface area contributed by atoms with Gasteiger partial charge < -0.3 is 0 Å². The molecule has 0 aromatic heterocycles. The van der Waals surface area contributed by atoms with Crippen LogP contribution >= 0.6 is 11.6 Å². The Labute approximate surface area is 100 Å². The molecule has 2 aliphatic rings. The van der Waals surface area contributed by atoms with Crippen LogP contribution in [0.2, 0.25) is 0 Å². The van der Waals surface area contributed by atoms with Gasteiger partial charge in [-0.05, 0) is 24.2 Å². The number of alkyl halides is 1. The van der Waals surface area contributed by atoms with Gasteiger partial charge in [-0.3, -0.25) is 9.35 Å². The van der Waals surface area contributed by atoms with Crippen molar-refractivity contribution >= 4 is 27.5 Å². The zero-order valence-corrected chi connectivity index (χ0v) is 10.8. The largest absolute Gasteiger partial charge is 0.297 e. The molecule has 0 saturated heterocycles. The molecule has 0 aliphatic heterocycles. The van der Waals surface area contributed by atoms with E-state index in [0.29, 0.717) is 6.42 Å². The summed E-state index contributed by atoms with van der Waals surface area (Å²) >= 11 is 6.04. The van der Waals surface area contributed by atoms with Gasteiger partial charge in [-0.25, -0.2) is 0 Å². The summed E-state index contributed by atoms with van der Waals surface area (Å²) in [4.78, 5) is 12.1. The number of carbonyl (C=O) groups is 1. The minimum atomic E-state index is -4.16. The summed E-state index contributed by atoms with van der Waals surface area (Å²) in [5, 5.41) is -0.606. The monoisotopic (exact) mass is 266 g/mol. The minimum absolute atomic E-state index is 0.0171. The first-order chi connectivity index (χ1) is 7.12. The molecule has 0 heterocycles. The van der Waals surface area contributed by atoms with E-state index in [2.05, 4.69) is 0 Å². The van der Waals surface area contributed by atoms with Crippen LogP contribution in [-0.2, 0) is 14.9 Å². The van der Waals surface area contributed by atoms with Crippen LogP contribution in [0.3, 0.4) is 0 Å². The molecular weight excluding hydrogens is 252 g/mol. The summed E-state index contributed by atoms with van der Waals surface area (Å²) in [6.07, 6.45) is 1.26. The molecule has 16 heavy (non-hydrogen) atoms. The number of fused-ring (bicyclic) bond motifs is 2. The van der Waals surface area contributed by atoms with Crippen LogP contribution in [0.5, 0.6) is 0 Å². The fourth-order valence-corrected chi connectivity index (χ4v) is 5.41. The first-order valence-electron chi connectivity index (χ1n) is 5.25. The van der Waals surface area contributed by atoms with Crippen LogP contribution in [0.1, 0.15) is 26.7 Å². The second-order valence-electron chi connectivity index (χ2n) is 5.44. The Morgan fingerprint density at radius 3 is 2.44 bits per heavy atom. The Balaban J connectivity index is 2.50. The molecule has 3 unspecified atom stereocenters. The lowest BCUT2D eigenvalue weighted by molar-refractivity contribution is -0.127. The topological polar surface area (TPSA) is 71.4 Å². The van der Waals surface area contributed by atoms with Crippen molar-refractivity contribution in [2.24, 2.45) is 16.7 Å². The first-order valence-corrected chi connectivity index (χ1v) is 7.30. The average molecular weight is 267 g/mol. The van der Waals surface area contributed by atoms with Crippen molar-refractivity contribution in [1.82, 2.24) is 0 Å². The molecule has 3 atom stereocenters. The van der Waals surface area contributed by atoms with E-state index in [1.165, 1.54) is 0 Å². The van der Waals surface area contributed by atoms with Gasteiger partial charge in [0.15, 0.2) is 5.78 Å². The Hall–Kier alpha value is -0.130. The Bertz CT molecular complexity index is 442. The second-order valence-corrected chi connectivity index (χ2v) is 7.36. The lowest BCUT2D eigenvalue weighted by Crippen LogP contribution is -2.43. The van der Waals surface area contributed by atoms with Crippen LogP contribution in [0.25, 0.3) is 0 Å². The highest BCUT2D eigenvalue weighted by Crippen LogP contribution is 2.65. The molecule has 2 saturated carbocycles. The predicted molar refractivity (Wildman–Crippen MR) is 60.0 cm³/mol. The molecule has 0 aromatic carbocycles. The number of hydrogen-bond acceptors (Lipinski definition) is 3. The molecule has 6 heteroatoms.